The van der Waals surface area contributed by atoms with Gasteiger partial charge in [0.2, 0.25) is 0 Å². The molecule has 90 valence electrons. The largest absolute Gasteiger partial charge is 0.315 e. The van der Waals surface area contributed by atoms with E-state index in [9.17, 15) is 5.26 Å². The van der Waals surface area contributed by atoms with Gasteiger partial charge in [-0.15, -0.1) is 10.2 Å². The minimum Gasteiger partial charge on any atom is -0.315 e. The zero-order chi connectivity index (χ0) is 11.9. The Hall–Kier alpha value is -1.45. The molecule has 1 atom stereocenters. The zero-order valence-electron chi connectivity index (χ0n) is 9.71. The molecule has 6 nitrogen and oxygen atoms in total. The van der Waals surface area contributed by atoms with Gasteiger partial charge in [-0.1, -0.05) is 0 Å². The van der Waals surface area contributed by atoms with E-state index >= 15 is 0 Å². The summed E-state index contributed by atoms with van der Waals surface area (Å²) in [5.74, 6) is 1.35. The quantitative estimate of drug-likeness (QED) is 0.775. The molecule has 0 bridgehead atoms. The van der Waals surface area contributed by atoms with Crippen LogP contribution < -0.4 is 5.73 Å². The fourth-order valence-corrected chi connectivity index (χ4v) is 2.48. The summed E-state index contributed by atoms with van der Waals surface area (Å²) in [4.78, 5) is 2.21. The summed E-state index contributed by atoms with van der Waals surface area (Å²) < 4.78 is 2.05. The third kappa shape index (κ3) is 1.92. The first-order chi connectivity index (χ1) is 8.21. The highest BCUT2D eigenvalue weighted by molar-refractivity contribution is 5.15. The summed E-state index contributed by atoms with van der Waals surface area (Å²) >= 11 is 0. The maximum Gasteiger partial charge on any atom is 0.147 e. The molecule has 0 amide bonds. The van der Waals surface area contributed by atoms with Crippen LogP contribution in [0.25, 0.3) is 0 Å². The molecule has 17 heavy (non-hydrogen) atoms. The van der Waals surface area contributed by atoms with E-state index in [0.717, 1.165) is 38.3 Å². The second-order valence-electron chi connectivity index (χ2n) is 5.08. The van der Waals surface area contributed by atoms with E-state index < -0.39 is 5.54 Å². The minimum atomic E-state index is -0.678. The first kappa shape index (κ1) is 10.7. The highest BCUT2D eigenvalue weighted by Gasteiger charge is 2.44. The van der Waals surface area contributed by atoms with E-state index in [-0.39, 0.29) is 0 Å². The van der Waals surface area contributed by atoms with Crippen molar-refractivity contribution in [3.05, 3.63) is 12.2 Å². The van der Waals surface area contributed by atoms with Gasteiger partial charge in [0.15, 0.2) is 0 Å². The fraction of sp³-hybridized carbons (Fsp3) is 0.727. The number of nitrogens with two attached hydrogens (primary N) is 1. The van der Waals surface area contributed by atoms with Gasteiger partial charge in [-0.25, -0.2) is 0 Å². The molecule has 6 heteroatoms. The zero-order valence-corrected chi connectivity index (χ0v) is 9.71. The smallest absolute Gasteiger partial charge is 0.147 e. The van der Waals surface area contributed by atoms with Gasteiger partial charge in [-0.2, -0.15) is 5.26 Å². The van der Waals surface area contributed by atoms with E-state index in [1.54, 1.807) is 6.33 Å². The number of fused-ring (bicyclic) bond motifs is 1. The van der Waals surface area contributed by atoms with Gasteiger partial charge < -0.3 is 10.3 Å². The highest BCUT2D eigenvalue weighted by Crippen LogP contribution is 2.38. The Bertz CT molecular complexity index is 457. The molecule has 0 radical (unpaired) electrons. The van der Waals surface area contributed by atoms with Crippen molar-refractivity contribution in [2.45, 2.75) is 31.5 Å². The number of aromatic nitrogens is 3. The van der Waals surface area contributed by atoms with Crippen LogP contribution in [0.15, 0.2) is 6.33 Å². The van der Waals surface area contributed by atoms with Crippen LogP contribution in [0.4, 0.5) is 0 Å². The van der Waals surface area contributed by atoms with Crippen LogP contribution in [-0.4, -0.2) is 38.3 Å². The van der Waals surface area contributed by atoms with Crippen molar-refractivity contribution >= 4 is 0 Å². The summed E-state index contributed by atoms with van der Waals surface area (Å²) in [5.41, 5.74) is 5.50. The maximum absolute atomic E-state index is 9.25. The van der Waals surface area contributed by atoms with Crippen molar-refractivity contribution < 1.29 is 0 Å². The molecule has 2 aliphatic rings. The van der Waals surface area contributed by atoms with Crippen molar-refractivity contribution in [1.29, 1.82) is 5.26 Å². The van der Waals surface area contributed by atoms with Crippen LogP contribution in [-0.2, 0) is 13.1 Å². The molecule has 1 aliphatic heterocycles. The van der Waals surface area contributed by atoms with Gasteiger partial charge in [-0.05, 0) is 18.8 Å². The second-order valence-corrected chi connectivity index (χ2v) is 5.08. The summed E-state index contributed by atoms with van der Waals surface area (Å²) in [6.45, 7) is 3.18. The minimum absolute atomic E-state index is 0.382. The van der Waals surface area contributed by atoms with Gasteiger partial charge in [-0.3, -0.25) is 4.90 Å². The molecule has 1 saturated carbocycles. The molecule has 0 saturated heterocycles. The van der Waals surface area contributed by atoms with E-state index in [1.807, 2.05) is 0 Å². The van der Waals surface area contributed by atoms with E-state index in [1.165, 1.54) is 0 Å². The van der Waals surface area contributed by atoms with E-state index in [4.69, 9.17) is 5.73 Å². The average Bonchev–Trinajstić information content (AvgIpc) is 3.09. The summed E-state index contributed by atoms with van der Waals surface area (Å²) in [7, 11) is 0. The van der Waals surface area contributed by atoms with Crippen LogP contribution in [0, 0.1) is 17.2 Å². The van der Waals surface area contributed by atoms with Gasteiger partial charge in [0.1, 0.15) is 17.7 Å². The Kier molecular flexibility index (Phi) is 2.38. The van der Waals surface area contributed by atoms with Crippen LogP contribution in [0.3, 0.4) is 0 Å². The van der Waals surface area contributed by atoms with Crippen molar-refractivity contribution in [3.63, 3.8) is 0 Å². The summed E-state index contributed by atoms with van der Waals surface area (Å²) in [6, 6.07) is 2.30. The normalized spacial score (nSPS) is 23.8. The lowest BCUT2D eigenvalue weighted by molar-refractivity contribution is 0.179. The third-order valence-electron chi connectivity index (χ3n) is 3.72. The number of nitrogens with zero attached hydrogens (tertiary/aromatic N) is 5. The van der Waals surface area contributed by atoms with E-state index in [0.29, 0.717) is 12.5 Å². The topological polar surface area (TPSA) is 83.8 Å². The monoisotopic (exact) mass is 232 g/mol. The molecular weight excluding hydrogens is 216 g/mol. The lowest BCUT2D eigenvalue weighted by Gasteiger charge is -2.32. The SMILES string of the molecule is N#CC(N)(CN1CCn2cnnc2C1)C1CC1. The van der Waals surface area contributed by atoms with Gasteiger partial charge in [0.05, 0.1) is 12.6 Å². The predicted octanol–water partition coefficient (Wildman–Crippen LogP) is -0.275. The van der Waals surface area contributed by atoms with Gasteiger partial charge >= 0.3 is 0 Å². The summed E-state index contributed by atoms with van der Waals surface area (Å²) in [5, 5.41) is 17.2. The standard InChI is InChI=1S/C11H16N6/c12-6-11(13,9-1-2-9)7-16-3-4-17-8-14-15-10(17)5-16/h8-9H,1-5,7,13H2. The average molecular weight is 232 g/mol. The molecule has 1 aromatic heterocycles. The summed E-state index contributed by atoms with van der Waals surface area (Å²) in [6.07, 6.45) is 3.94. The van der Waals surface area contributed by atoms with Crippen LogP contribution >= 0.6 is 0 Å². The number of hydrogen-bond acceptors (Lipinski definition) is 5. The second kappa shape index (κ2) is 3.79. The Labute approximate surface area is 100 Å². The van der Waals surface area contributed by atoms with Crippen molar-refractivity contribution in [2.24, 2.45) is 11.7 Å². The molecular formula is C11H16N6. The molecule has 0 aromatic carbocycles. The first-order valence-corrected chi connectivity index (χ1v) is 6.00. The van der Waals surface area contributed by atoms with Crippen LogP contribution in [0.5, 0.6) is 0 Å². The molecule has 1 unspecified atom stereocenters. The first-order valence-electron chi connectivity index (χ1n) is 6.00. The van der Waals surface area contributed by atoms with Crippen molar-refractivity contribution in [2.75, 3.05) is 13.1 Å². The predicted molar refractivity (Wildman–Crippen MR) is 60.6 cm³/mol. The Morgan fingerprint density at radius 1 is 1.53 bits per heavy atom. The van der Waals surface area contributed by atoms with Crippen LogP contribution in [0.1, 0.15) is 18.7 Å². The Balaban J connectivity index is 1.69. The van der Waals surface area contributed by atoms with Gasteiger partial charge in [0.25, 0.3) is 0 Å². The molecule has 2 heterocycles. The van der Waals surface area contributed by atoms with Gasteiger partial charge in [0, 0.05) is 19.6 Å². The number of rotatable bonds is 3. The molecule has 2 N–H and O–H groups in total. The molecule has 1 fully saturated rings. The van der Waals surface area contributed by atoms with Crippen LogP contribution in [0.2, 0.25) is 0 Å². The number of nitriles is 1. The fourth-order valence-electron chi connectivity index (χ4n) is 2.48. The molecule has 0 spiro atoms. The lowest BCUT2D eigenvalue weighted by atomic mass is 9.95. The lowest BCUT2D eigenvalue weighted by Crippen LogP contribution is -2.52. The van der Waals surface area contributed by atoms with Crippen molar-refractivity contribution in [3.8, 4) is 6.07 Å². The maximum atomic E-state index is 9.25. The van der Waals surface area contributed by atoms with Crippen molar-refractivity contribution in [1.82, 2.24) is 19.7 Å². The third-order valence-corrected chi connectivity index (χ3v) is 3.72. The number of hydrogen-bond donors (Lipinski definition) is 1. The molecule has 1 aromatic rings. The Morgan fingerprint density at radius 3 is 3.06 bits per heavy atom. The molecule has 3 rings (SSSR count). The Morgan fingerprint density at radius 2 is 2.35 bits per heavy atom. The molecule has 1 aliphatic carbocycles. The highest BCUT2D eigenvalue weighted by atomic mass is 15.3. The van der Waals surface area contributed by atoms with E-state index in [2.05, 4.69) is 25.7 Å².